The van der Waals surface area contributed by atoms with E-state index in [0.717, 1.165) is 19.3 Å². The average Bonchev–Trinajstić information content (AvgIpc) is 2.19. The fourth-order valence-electron chi connectivity index (χ4n) is 1.19. The summed E-state index contributed by atoms with van der Waals surface area (Å²) < 4.78 is 5.14. The van der Waals surface area contributed by atoms with Gasteiger partial charge in [0.25, 0.3) is 0 Å². The first-order valence-corrected chi connectivity index (χ1v) is 6.16. The second-order valence-electron chi connectivity index (χ2n) is 3.52. The molecule has 0 fully saturated rings. The molecular formula is C11H22O2S. The van der Waals surface area contributed by atoms with Crippen molar-refractivity contribution in [1.29, 1.82) is 0 Å². The van der Waals surface area contributed by atoms with Crippen LogP contribution >= 0.6 is 12.6 Å². The van der Waals surface area contributed by atoms with E-state index in [4.69, 9.17) is 4.74 Å². The maximum Gasteiger partial charge on any atom is 0.309 e. The predicted octanol–water partition coefficient (Wildman–Crippen LogP) is 3.07. The molecule has 0 N–H and O–H groups in total. The molecule has 1 atom stereocenters. The van der Waals surface area contributed by atoms with Crippen LogP contribution in [0.1, 0.15) is 46.0 Å². The molecule has 0 aliphatic heterocycles. The van der Waals surface area contributed by atoms with E-state index >= 15 is 0 Å². The molecule has 2 nitrogen and oxygen atoms in total. The maximum absolute atomic E-state index is 11.4. The van der Waals surface area contributed by atoms with Crippen LogP contribution in [0.3, 0.4) is 0 Å². The average molecular weight is 218 g/mol. The Balaban J connectivity index is 3.43. The third-order valence-electron chi connectivity index (χ3n) is 2.29. The van der Waals surface area contributed by atoms with E-state index in [9.17, 15) is 4.79 Å². The van der Waals surface area contributed by atoms with Gasteiger partial charge in [-0.05, 0) is 12.8 Å². The summed E-state index contributed by atoms with van der Waals surface area (Å²) in [4.78, 5) is 11.4. The topological polar surface area (TPSA) is 26.3 Å². The first-order chi connectivity index (χ1) is 6.76. The largest absolute Gasteiger partial charge is 0.465 e. The highest BCUT2D eigenvalue weighted by molar-refractivity contribution is 7.80. The standard InChI is InChI=1S/C11H22O2S/c1-3-5-6-7-8-13-11(12)10(4-2)9-14/h10,14H,3-9H2,1-2H3. The fourth-order valence-corrected chi connectivity index (χ4v) is 1.60. The van der Waals surface area contributed by atoms with Crippen molar-refractivity contribution in [3.05, 3.63) is 0 Å². The zero-order valence-electron chi connectivity index (χ0n) is 9.29. The molecule has 0 radical (unpaired) electrons. The Bertz CT molecular complexity index is 144. The Morgan fingerprint density at radius 2 is 2.00 bits per heavy atom. The Morgan fingerprint density at radius 1 is 1.29 bits per heavy atom. The molecular weight excluding hydrogens is 196 g/mol. The normalized spacial score (nSPS) is 12.5. The SMILES string of the molecule is CCCCCCOC(=O)C(CC)CS. The molecule has 0 amide bonds. The van der Waals surface area contributed by atoms with Crippen LogP contribution in [-0.2, 0) is 9.53 Å². The van der Waals surface area contributed by atoms with Crippen LogP contribution in [0.5, 0.6) is 0 Å². The van der Waals surface area contributed by atoms with Gasteiger partial charge in [-0.1, -0.05) is 33.1 Å². The molecule has 3 heteroatoms. The van der Waals surface area contributed by atoms with Crippen molar-refractivity contribution >= 4 is 18.6 Å². The Morgan fingerprint density at radius 3 is 2.50 bits per heavy atom. The van der Waals surface area contributed by atoms with Crippen LogP contribution in [0.25, 0.3) is 0 Å². The van der Waals surface area contributed by atoms with Gasteiger partial charge >= 0.3 is 5.97 Å². The summed E-state index contributed by atoms with van der Waals surface area (Å²) in [5.41, 5.74) is 0. The van der Waals surface area contributed by atoms with Crippen molar-refractivity contribution in [2.75, 3.05) is 12.4 Å². The van der Waals surface area contributed by atoms with Gasteiger partial charge in [0.2, 0.25) is 0 Å². The summed E-state index contributed by atoms with van der Waals surface area (Å²) in [6.07, 6.45) is 5.39. The van der Waals surface area contributed by atoms with E-state index in [1.807, 2.05) is 6.92 Å². The molecule has 1 unspecified atom stereocenters. The number of rotatable bonds is 8. The summed E-state index contributed by atoms with van der Waals surface area (Å²) in [5.74, 6) is 0.480. The van der Waals surface area contributed by atoms with Crippen molar-refractivity contribution < 1.29 is 9.53 Å². The number of esters is 1. The lowest BCUT2D eigenvalue weighted by molar-refractivity contribution is -0.147. The van der Waals surface area contributed by atoms with E-state index in [0.29, 0.717) is 12.4 Å². The molecule has 0 saturated heterocycles. The van der Waals surface area contributed by atoms with Crippen molar-refractivity contribution in [3.63, 3.8) is 0 Å². The second-order valence-corrected chi connectivity index (χ2v) is 3.88. The molecule has 0 aromatic heterocycles. The lowest BCUT2D eigenvalue weighted by Gasteiger charge is -2.11. The van der Waals surface area contributed by atoms with Gasteiger partial charge in [0.1, 0.15) is 0 Å². The molecule has 0 rings (SSSR count). The lowest BCUT2D eigenvalue weighted by Crippen LogP contribution is -2.19. The van der Waals surface area contributed by atoms with E-state index in [1.165, 1.54) is 12.8 Å². The molecule has 0 heterocycles. The summed E-state index contributed by atoms with van der Waals surface area (Å²) in [7, 11) is 0. The van der Waals surface area contributed by atoms with Crippen LogP contribution in [-0.4, -0.2) is 18.3 Å². The minimum Gasteiger partial charge on any atom is -0.465 e. The molecule has 0 bridgehead atoms. The first-order valence-electron chi connectivity index (χ1n) is 5.53. The van der Waals surface area contributed by atoms with Gasteiger partial charge in [0.15, 0.2) is 0 Å². The van der Waals surface area contributed by atoms with Gasteiger partial charge in [-0.25, -0.2) is 0 Å². The molecule has 14 heavy (non-hydrogen) atoms. The number of ether oxygens (including phenoxy) is 1. The third-order valence-corrected chi connectivity index (χ3v) is 2.73. The molecule has 0 spiro atoms. The van der Waals surface area contributed by atoms with Gasteiger partial charge in [0, 0.05) is 5.75 Å². The predicted molar refractivity (Wildman–Crippen MR) is 62.7 cm³/mol. The number of thiol groups is 1. The van der Waals surface area contributed by atoms with E-state index in [2.05, 4.69) is 19.6 Å². The zero-order chi connectivity index (χ0) is 10.8. The smallest absolute Gasteiger partial charge is 0.309 e. The number of unbranched alkanes of at least 4 members (excludes halogenated alkanes) is 3. The van der Waals surface area contributed by atoms with Gasteiger partial charge in [-0.2, -0.15) is 12.6 Å². The molecule has 0 aromatic carbocycles. The molecule has 0 aliphatic carbocycles. The van der Waals surface area contributed by atoms with Crippen molar-refractivity contribution in [2.45, 2.75) is 46.0 Å². The highest BCUT2D eigenvalue weighted by Gasteiger charge is 2.15. The number of hydrogen-bond acceptors (Lipinski definition) is 3. The second kappa shape index (κ2) is 9.38. The monoisotopic (exact) mass is 218 g/mol. The molecule has 84 valence electrons. The van der Waals surface area contributed by atoms with E-state index < -0.39 is 0 Å². The summed E-state index contributed by atoms with van der Waals surface area (Å²) in [5, 5.41) is 0. The van der Waals surface area contributed by atoms with Crippen LogP contribution in [0.2, 0.25) is 0 Å². The van der Waals surface area contributed by atoms with Crippen molar-refractivity contribution in [1.82, 2.24) is 0 Å². The van der Waals surface area contributed by atoms with E-state index in [-0.39, 0.29) is 11.9 Å². The van der Waals surface area contributed by atoms with Crippen LogP contribution in [0.15, 0.2) is 0 Å². The highest BCUT2D eigenvalue weighted by Crippen LogP contribution is 2.08. The number of hydrogen-bond donors (Lipinski definition) is 1. The maximum atomic E-state index is 11.4. The summed E-state index contributed by atoms with van der Waals surface area (Å²) in [6.45, 7) is 4.72. The molecule has 0 saturated carbocycles. The van der Waals surface area contributed by atoms with Gasteiger partial charge < -0.3 is 4.74 Å². The van der Waals surface area contributed by atoms with Gasteiger partial charge in [-0.3, -0.25) is 4.79 Å². The Hall–Kier alpha value is -0.180. The van der Waals surface area contributed by atoms with Gasteiger partial charge in [0.05, 0.1) is 12.5 Å². The van der Waals surface area contributed by atoms with Crippen LogP contribution in [0.4, 0.5) is 0 Å². The summed E-state index contributed by atoms with van der Waals surface area (Å²) in [6, 6.07) is 0. The van der Waals surface area contributed by atoms with Crippen molar-refractivity contribution in [2.24, 2.45) is 5.92 Å². The fraction of sp³-hybridized carbons (Fsp3) is 0.909. The minimum atomic E-state index is -0.0843. The molecule has 0 aromatic rings. The quantitative estimate of drug-likeness (QED) is 0.385. The lowest BCUT2D eigenvalue weighted by atomic mass is 10.1. The van der Waals surface area contributed by atoms with E-state index in [1.54, 1.807) is 0 Å². The first kappa shape index (κ1) is 13.8. The highest BCUT2D eigenvalue weighted by atomic mass is 32.1. The Kier molecular flexibility index (Phi) is 9.26. The third kappa shape index (κ3) is 6.30. The number of carbonyl (C=O) groups is 1. The van der Waals surface area contributed by atoms with Crippen LogP contribution < -0.4 is 0 Å². The minimum absolute atomic E-state index is 0.0236. The Labute approximate surface area is 92.8 Å². The molecule has 0 aliphatic rings. The van der Waals surface area contributed by atoms with Crippen LogP contribution in [0, 0.1) is 5.92 Å². The van der Waals surface area contributed by atoms with Gasteiger partial charge in [-0.15, -0.1) is 0 Å². The number of carbonyl (C=O) groups excluding carboxylic acids is 1. The summed E-state index contributed by atoms with van der Waals surface area (Å²) >= 11 is 4.11. The van der Waals surface area contributed by atoms with Crippen molar-refractivity contribution in [3.8, 4) is 0 Å². The zero-order valence-corrected chi connectivity index (χ0v) is 10.2.